The summed E-state index contributed by atoms with van der Waals surface area (Å²) in [5.74, 6) is 0.671. The first-order valence-corrected chi connectivity index (χ1v) is 5.49. The van der Waals surface area contributed by atoms with E-state index in [4.69, 9.17) is 16.3 Å². The summed E-state index contributed by atoms with van der Waals surface area (Å²) in [6.07, 6.45) is 1.71. The van der Waals surface area contributed by atoms with Gasteiger partial charge in [0.2, 0.25) is 0 Å². The number of para-hydroxylation sites is 1. The van der Waals surface area contributed by atoms with Crippen molar-refractivity contribution in [1.29, 1.82) is 0 Å². The molecule has 0 saturated heterocycles. The average Bonchev–Trinajstić information content (AvgIpc) is 2.63. The number of halogens is 2. The molecule has 3 nitrogen and oxygen atoms in total. The second kappa shape index (κ2) is 4.68. The van der Waals surface area contributed by atoms with Gasteiger partial charge < -0.3 is 9.72 Å². The molecule has 0 aliphatic heterocycles. The molecule has 0 spiro atoms. The molecule has 1 heterocycles. The number of nitrogens with one attached hydrogen (secondary N) is 1. The van der Waals surface area contributed by atoms with Crippen molar-refractivity contribution in [2.75, 3.05) is 0 Å². The molecular formula is C10H8BrClN2O. The molecule has 15 heavy (non-hydrogen) atoms. The standard InChI is InChI=1S/C10H8BrClN2O/c11-10-13-5-7(14-10)6-15-9-4-2-1-3-8(9)12/h1-5H,6H2,(H,13,14). The van der Waals surface area contributed by atoms with E-state index < -0.39 is 0 Å². The third-order valence-corrected chi connectivity index (χ3v) is 2.53. The topological polar surface area (TPSA) is 37.9 Å². The molecule has 0 atom stereocenters. The zero-order valence-electron chi connectivity index (χ0n) is 7.71. The van der Waals surface area contributed by atoms with Crippen LogP contribution in [0.5, 0.6) is 5.75 Å². The lowest BCUT2D eigenvalue weighted by molar-refractivity contribution is 0.302. The lowest BCUT2D eigenvalue weighted by atomic mass is 10.3. The SMILES string of the molecule is Clc1ccccc1OCc1cnc(Br)[nH]1. The minimum Gasteiger partial charge on any atom is -0.486 e. The van der Waals surface area contributed by atoms with Gasteiger partial charge in [0.15, 0.2) is 4.73 Å². The molecule has 2 rings (SSSR count). The average molecular weight is 288 g/mol. The van der Waals surface area contributed by atoms with Gasteiger partial charge in [-0.1, -0.05) is 23.7 Å². The van der Waals surface area contributed by atoms with E-state index in [0.717, 1.165) is 5.69 Å². The number of rotatable bonds is 3. The summed E-state index contributed by atoms with van der Waals surface area (Å²) >= 11 is 9.16. The normalized spacial score (nSPS) is 10.3. The Kier molecular flexibility index (Phi) is 3.28. The highest BCUT2D eigenvalue weighted by Crippen LogP contribution is 2.23. The van der Waals surface area contributed by atoms with Crippen molar-refractivity contribution in [3.63, 3.8) is 0 Å². The van der Waals surface area contributed by atoms with Gasteiger partial charge in [0.05, 0.1) is 16.9 Å². The minimum atomic E-state index is 0.419. The first-order chi connectivity index (χ1) is 7.25. The Morgan fingerprint density at radius 1 is 1.40 bits per heavy atom. The van der Waals surface area contributed by atoms with E-state index in [9.17, 15) is 0 Å². The fourth-order valence-electron chi connectivity index (χ4n) is 1.12. The van der Waals surface area contributed by atoms with Crippen molar-refractivity contribution in [2.45, 2.75) is 6.61 Å². The number of imidazole rings is 1. The molecule has 1 aromatic carbocycles. The van der Waals surface area contributed by atoms with Crippen LogP contribution in [0.4, 0.5) is 0 Å². The molecule has 0 bridgehead atoms. The minimum absolute atomic E-state index is 0.419. The lowest BCUT2D eigenvalue weighted by Crippen LogP contribution is -1.95. The summed E-state index contributed by atoms with van der Waals surface area (Å²) in [5.41, 5.74) is 0.891. The molecule has 0 amide bonds. The Morgan fingerprint density at radius 3 is 2.87 bits per heavy atom. The van der Waals surface area contributed by atoms with E-state index in [-0.39, 0.29) is 0 Å². The highest BCUT2D eigenvalue weighted by molar-refractivity contribution is 9.10. The molecule has 2 aromatic rings. The van der Waals surface area contributed by atoms with Gasteiger partial charge in [-0.3, -0.25) is 0 Å². The highest BCUT2D eigenvalue weighted by atomic mass is 79.9. The van der Waals surface area contributed by atoms with Crippen molar-refractivity contribution in [2.24, 2.45) is 0 Å². The van der Waals surface area contributed by atoms with Crippen molar-refractivity contribution in [1.82, 2.24) is 9.97 Å². The van der Waals surface area contributed by atoms with E-state index in [1.54, 1.807) is 12.3 Å². The van der Waals surface area contributed by atoms with Crippen molar-refractivity contribution in [3.8, 4) is 5.75 Å². The Labute approximate surface area is 101 Å². The van der Waals surface area contributed by atoms with Crippen molar-refractivity contribution in [3.05, 3.63) is 45.9 Å². The van der Waals surface area contributed by atoms with Crippen LogP contribution in [-0.2, 0) is 6.61 Å². The molecule has 0 radical (unpaired) electrons. The van der Waals surface area contributed by atoms with Gasteiger partial charge >= 0.3 is 0 Å². The van der Waals surface area contributed by atoms with Crippen LogP contribution in [0, 0.1) is 0 Å². The Morgan fingerprint density at radius 2 is 2.20 bits per heavy atom. The third-order valence-electron chi connectivity index (χ3n) is 1.82. The Hall–Kier alpha value is -1.00. The van der Waals surface area contributed by atoms with Crippen LogP contribution in [-0.4, -0.2) is 9.97 Å². The maximum Gasteiger partial charge on any atom is 0.174 e. The third kappa shape index (κ3) is 2.73. The van der Waals surface area contributed by atoms with Crippen molar-refractivity contribution >= 4 is 27.5 Å². The molecule has 0 aliphatic carbocycles. The smallest absolute Gasteiger partial charge is 0.174 e. The van der Waals surface area contributed by atoms with E-state index in [2.05, 4.69) is 25.9 Å². The fourth-order valence-corrected chi connectivity index (χ4v) is 1.67. The number of aromatic amines is 1. The summed E-state index contributed by atoms with van der Waals surface area (Å²) in [7, 11) is 0. The zero-order chi connectivity index (χ0) is 10.7. The van der Waals surface area contributed by atoms with Gasteiger partial charge in [-0.2, -0.15) is 0 Å². The largest absolute Gasteiger partial charge is 0.486 e. The van der Waals surface area contributed by atoms with Gasteiger partial charge in [-0.25, -0.2) is 4.98 Å². The van der Waals surface area contributed by atoms with Gasteiger partial charge in [0.25, 0.3) is 0 Å². The maximum absolute atomic E-state index is 5.94. The molecule has 1 N–H and O–H groups in total. The lowest BCUT2D eigenvalue weighted by Gasteiger charge is -2.05. The first kappa shape index (κ1) is 10.5. The Balaban J connectivity index is 2.02. The van der Waals surface area contributed by atoms with Crippen LogP contribution in [0.15, 0.2) is 35.2 Å². The van der Waals surface area contributed by atoms with Gasteiger partial charge in [0.1, 0.15) is 12.4 Å². The number of ether oxygens (including phenoxy) is 1. The second-order valence-electron chi connectivity index (χ2n) is 2.92. The molecule has 0 aliphatic rings. The van der Waals surface area contributed by atoms with Gasteiger partial charge in [-0.15, -0.1) is 0 Å². The number of nitrogens with zero attached hydrogens (tertiary/aromatic N) is 1. The monoisotopic (exact) mass is 286 g/mol. The first-order valence-electron chi connectivity index (χ1n) is 4.32. The molecular weight excluding hydrogens is 279 g/mol. The van der Waals surface area contributed by atoms with Crippen LogP contribution in [0.25, 0.3) is 0 Å². The molecule has 0 fully saturated rings. The quantitative estimate of drug-likeness (QED) is 0.939. The molecule has 78 valence electrons. The predicted octanol–water partition coefficient (Wildman–Crippen LogP) is 3.40. The number of H-pyrrole nitrogens is 1. The van der Waals surface area contributed by atoms with Gasteiger partial charge in [-0.05, 0) is 28.1 Å². The summed E-state index contributed by atoms with van der Waals surface area (Å²) in [6, 6.07) is 7.36. The van der Waals surface area contributed by atoms with Crippen LogP contribution >= 0.6 is 27.5 Å². The summed E-state index contributed by atoms with van der Waals surface area (Å²) in [4.78, 5) is 7.00. The number of benzene rings is 1. The number of aromatic nitrogens is 2. The molecule has 0 saturated carbocycles. The maximum atomic E-state index is 5.94. The van der Waals surface area contributed by atoms with E-state index in [1.807, 2.05) is 18.2 Å². The summed E-state index contributed by atoms with van der Waals surface area (Å²) < 4.78 is 6.21. The zero-order valence-corrected chi connectivity index (χ0v) is 10.0. The highest BCUT2D eigenvalue weighted by Gasteiger charge is 2.02. The van der Waals surface area contributed by atoms with Crippen LogP contribution in [0.2, 0.25) is 5.02 Å². The van der Waals surface area contributed by atoms with Gasteiger partial charge in [0, 0.05) is 0 Å². The molecule has 1 aromatic heterocycles. The summed E-state index contributed by atoms with van der Waals surface area (Å²) in [6.45, 7) is 0.419. The van der Waals surface area contributed by atoms with E-state index in [0.29, 0.717) is 22.1 Å². The van der Waals surface area contributed by atoms with Crippen LogP contribution in [0.1, 0.15) is 5.69 Å². The second-order valence-corrected chi connectivity index (χ2v) is 4.08. The Bertz CT molecular complexity index is 458. The molecule has 0 unspecified atom stereocenters. The van der Waals surface area contributed by atoms with E-state index in [1.165, 1.54) is 0 Å². The predicted molar refractivity (Wildman–Crippen MR) is 62.1 cm³/mol. The van der Waals surface area contributed by atoms with Crippen molar-refractivity contribution < 1.29 is 4.74 Å². The summed E-state index contributed by atoms with van der Waals surface area (Å²) in [5, 5.41) is 0.607. The van der Waals surface area contributed by atoms with E-state index >= 15 is 0 Å². The fraction of sp³-hybridized carbons (Fsp3) is 0.100. The number of hydrogen-bond acceptors (Lipinski definition) is 2. The van der Waals surface area contributed by atoms with Crippen LogP contribution in [0.3, 0.4) is 0 Å². The van der Waals surface area contributed by atoms with Crippen LogP contribution < -0.4 is 4.74 Å². The molecule has 5 heteroatoms. The number of hydrogen-bond donors (Lipinski definition) is 1.